The van der Waals surface area contributed by atoms with Gasteiger partial charge in [-0.1, -0.05) is 30.3 Å². The first-order chi connectivity index (χ1) is 8.50. The summed E-state index contributed by atoms with van der Waals surface area (Å²) in [5.41, 5.74) is 11.7. The first-order valence-corrected chi connectivity index (χ1v) is 5.87. The number of benzene rings is 1. The maximum atomic E-state index is 11.9. The molecule has 0 saturated carbocycles. The summed E-state index contributed by atoms with van der Waals surface area (Å²) in [5.74, 6) is -0.606. The molecular weight excluding hydrogens is 230 g/mol. The molecule has 1 aromatic carbocycles. The highest BCUT2D eigenvalue weighted by Gasteiger charge is 2.18. The third-order valence-corrected chi connectivity index (χ3v) is 2.55. The molecule has 0 aliphatic heterocycles. The van der Waals surface area contributed by atoms with E-state index in [1.165, 1.54) is 0 Å². The van der Waals surface area contributed by atoms with Gasteiger partial charge in [-0.2, -0.15) is 0 Å². The maximum Gasteiger partial charge on any atom is 0.239 e. The van der Waals surface area contributed by atoms with E-state index in [0.29, 0.717) is 13.1 Å². The van der Waals surface area contributed by atoms with Crippen LogP contribution in [-0.2, 0) is 16.1 Å². The summed E-state index contributed by atoms with van der Waals surface area (Å²) in [6, 6.07) is 8.97. The van der Waals surface area contributed by atoms with Crippen molar-refractivity contribution in [2.45, 2.75) is 25.9 Å². The van der Waals surface area contributed by atoms with Gasteiger partial charge < -0.3 is 16.4 Å². The van der Waals surface area contributed by atoms with Gasteiger partial charge in [0.1, 0.15) is 0 Å². The largest absolute Gasteiger partial charge is 0.370 e. The zero-order valence-electron chi connectivity index (χ0n) is 10.5. The molecular formula is C13H19N3O2. The molecule has 0 aliphatic carbocycles. The monoisotopic (exact) mass is 249 g/mol. The number of carbonyl (C=O) groups excluding carboxylic acids is 2. The zero-order valence-corrected chi connectivity index (χ0v) is 10.5. The number of carbonyl (C=O) groups is 2. The fourth-order valence-corrected chi connectivity index (χ4v) is 1.60. The molecule has 0 aliphatic rings. The van der Waals surface area contributed by atoms with Crippen molar-refractivity contribution < 1.29 is 9.59 Å². The van der Waals surface area contributed by atoms with Gasteiger partial charge in [-0.25, -0.2) is 0 Å². The first kappa shape index (κ1) is 14.2. The summed E-state index contributed by atoms with van der Waals surface area (Å²) in [6.07, 6.45) is 0.144. The Balaban J connectivity index is 2.71. The summed E-state index contributed by atoms with van der Waals surface area (Å²) < 4.78 is 0. The molecule has 1 aromatic rings. The molecule has 1 rings (SSSR count). The summed E-state index contributed by atoms with van der Waals surface area (Å²) in [7, 11) is 0. The van der Waals surface area contributed by atoms with Gasteiger partial charge in [0.2, 0.25) is 11.8 Å². The van der Waals surface area contributed by atoms with Crippen LogP contribution in [0.3, 0.4) is 0 Å². The maximum absolute atomic E-state index is 11.9. The van der Waals surface area contributed by atoms with E-state index in [1.54, 1.807) is 11.8 Å². The van der Waals surface area contributed by atoms with E-state index in [4.69, 9.17) is 11.5 Å². The SMILES string of the molecule is C[C@@H](N)C(=O)N(CCC(N)=O)Cc1ccccc1. The van der Waals surface area contributed by atoms with E-state index in [0.717, 1.165) is 5.56 Å². The number of nitrogens with zero attached hydrogens (tertiary/aromatic N) is 1. The summed E-state index contributed by atoms with van der Waals surface area (Å²) in [6.45, 7) is 2.36. The van der Waals surface area contributed by atoms with Crippen LogP contribution in [0.25, 0.3) is 0 Å². The van der Waals surface area contributed by atoms with Crippen molar-refractivity contribution in [2.75, 3.05) is 6.54 Å². The molecule has 0 radical (unpaired) electrons. The van der Waals surface area contributed by atoms with Crippen LogP contribution in [0.2, 0.25) is 0 Å². The normalized spacial score (nSPS) is 11.9. The van der Waals surface area contributed by atoms with Gasteiger partial charge in [0.05, 0.1) is 6.04 Å². The lowest BCUT2D eigenvalue weighted by molar-refractivity contribution is -0.133. The molecule has 0 aromatic heterocycles. The van der Waals surface area contributed by atoms with Gasteiger partial charge in [-0.05, 0) is 12.5 Å². The van der Waals surface area contributed by atoms with E-state index < -0.39 is 11.9 Å². The second-order valence-corrected chi connectivity index (χ2v) is 4.25. The molecule has 0 fully saturated rings. The summed E-state index contributed by atoms with van der Waals surface area (Å²) in [5, 5.41) is 0. The Hall–Kier alpha value is -1.88. The van der Waals surface area contributed by atoms with E-state index in [1.807, 2.05) is 30.3 Å². The molecule has 1 atom stereocenters. The molecule has 4 N–H and O–H groups in total. The average Bonchev–Trinajstić information content (AvgIpc) is 2.34. The predicted octanol–water partition coefficient (Wildman–Crippen LogP) is 0.238. The number of rotatable bonds is 6. The first-order valence-electron chi connectivity index (χ1n) is 5.87. The van der Waals surface area contributed by atoms with E-state index in [-0.39, 0.29) is 12.3 Å². The Bertz CT molecular complexity index is 404. The highest BCUT2D eigenvalue weighted by atomic mass is 16.2. The Labute approximate surface area is 107 Å². The highest BCUT2D eigenvalue weighted by Crippen LogP contribution is 2.06. The number of hydrogen-bond donors (Lipinski definition) is 2. The van der Waals surface area contributed by atoms with Crippen LogP contribution in [0.4, 0.5) is 0 Å². The average molecular weight is 249 g/mol. The Morgan fingerprint density at radius 2 is 1.89 bits per heavy atom. The zero-order chi connectivity index (χ0) is 13.5. The molecule has 5 nitrogen and oxygen atoms in total. The molecule has 0 saturated heterocycles. The molecule has 0 spiro atoms. The van der Waals surface area contributed by atoms with Crippen molar-refractivity contribution in [3.05, 3.63) is 35.9 Å². The minimum Gasteiger partial charge on any atom is -0.370 e. The van der Waals surface area contributed by atoms with Crippen LogP contribution in [-0.4, -0.2) is 29.3 Å². The molecule has 0 bridgehead atoms. The number of primary amides is 1. The second kappa shape index (κ2) is 6.76. The number of nitrogens with two attached hydrogens (primary N) is 2. The van der Waals surface area contributed by atoms with Crippen molar-refractivity contribution in [1.82, 2.24) is 4.90 Å². The lowest BCUT2D eigenvalue weighted by Crippen LogP contribution is -2.42. The third-order valence-electron chi connectivity index (χ3n) is 2.55. The lowest BCUT2D eigenvalue weighted by Gasteiger charge is -2.24. The molecule has 98 valence electrons. The standard InChI is InChI=1S/C13H19N3O2/c1-10(14)13(18)16(8-7-12(15)17)9-11-5-3-2-4-6-11/h2-6,10H,7-9,14H2,1H3,(H2,15,17)/t10-/m1/s1. The van der Waals surface area contributed by atoms with Crippen molar-refractivity contribution in [3.8, 4) is 0 Å². The Kier molecular flexibility index (Phi) is 5.32. The van der Waals surface area contributed by atoms with Crippen molar-refractivity contribution in [2.24, 2.45) is 11.5 Å². The van der Waals surface area contributed by atoms with Crippen LogP contribution >= 0.6 is 0 Å². The van der Waals surface area contributed by atoms with Crippen LogP contribution in [0.5, 0.6) is 0 Å². The van der Waals surface area contributed by atoms with E-state index in [9.17, 15) is 9.59 Å². The molecule has 18 heavy (non-hydrogen) atoms. The molecule has 0 unspecified atom stereocenters. The quantitative estimate of drug-likeness (QED) is 0.756. The van der Waals surface area contributed by atoms with Gasteiger partial charge in [0.25, 0.3) is 0 Å². The van der Waals surface area contributed by atoms with Crippen LogP contribution < -0.4 is 11.5 Å². The van der Waals surface area contributed by atoms with Crippen LogP contribution in [0, 0.1) is 0 Å². The van der Waals surface area contributed by atoms with Gasteiger partial charge >= 0.3 is 0 Å². The lowest BCUT2D eigenvalue weighted by atomic mass is 10.2. The topological polar surface area (TPSA) is 89.4 Å². The van der Waals surface area contributed by atoms with E-state index in [2.05, 4.69) is 0 Å². The summed E-state index contributed by atoms with van der Waals surface area (Å²) in [4.78, 5) is 24.3. The van der Waals surface area contributed by atoms with Gasteiger partial charge in [-0.3, -0.25) is 9.59 Å². The Morgan fingerprint density at radius 1 is 1.28 bits per heavy atom. The second-order valence-electron chi connectivity index (χ2n) is 4.25. The minimum absolute atomic E-state index is 0.144. The van der Waals surface area contributed by atoms with Crippen molar-refractivity contribution >= 4 is 11.8 Å². The fourth-order valence-electron chi connectivity index (χ4n) is 1.60. The van der Waals surface area contributed by atoms with Crippen molar-refractivity contribution in [3.63, 3.8) is 0 Å². The molecule has 5 heteroatoms. The molecule has 2 amide bonds. The van der Waals surface area contributed by atoms with E-state index >= 15 is 0 Å². The highest BCUT2D eigenvalue weighted by molar-refractivity contribution is 5.82. The van der Waals surface area contributed by atoms with Crippen LogP contribution in [0.15, 0.2) is 30.3 Å². The predicted molar refractivity (Wildman–Crippen MR) is 69.3 cm³/mol. The fraction of sp³-hybridized carbons (Fsp3) is 0.385. The van der Waals surface area contributed by atoms with Crippen molar-refractivity contribution in [1.29, 1.82) is 0 Å². The number of amides is 2. The van der Waals surface area contributed by atoms with Crippen LogP contribution in [0.1, 0.15) is 18.9 Å². The summed E-state index contributed by atoms with van der Waals surface area (Å²) >= 11 is 0. The van der Waals surface area contributed by atoms with Gasteiger partial charge in [0, 0.05) is 19.5 Å². The van der Waals surface area contributed by atoms with Gasteiger partial charge in [0.15, 0.2) is 0 Å². The minimum atomic E-state index is -0.582. The van der Waals surface area contributed by atoms with Gasteiger partial charge in [-0.15, -0.1) is 0 Å². The smallest absolute Gasteiger partial charge is 0.239 e. The third kappa shape index (κ3) is 4.55. The molecule has 0 heterocycles. The Morgan fingerprint density at radius 3 is 2.39 bits per heavy atom. The number of hydrogen-bond acceptors (Lipinski definition) is 3.